The smallest absolute Gasteiger partial charge is 0.417 e. The summed E-state index contributed by atoms with van der Waals surface area (Å²) in [5.41, 5.74) is 0.576. The fraction of sp³-hybridized carbons (Fsp3) is 0.400. The van der Waals surface area contributed by atoms with E-state index in [-0.39, 0.29) is 4.77 Å². The number of nitrogens with zero attached hydrogens (tertiary/aromatic N) is 4. The summed E-state index contributed by atoms with van der Waals surface area (Å²) in [5, 5.41) is 4.41. The molecule has 2 heterocycles. The Labute approximate surface area is 176 Å². The Morgan fingerprint density at radius 3 is 2.57 bits per heavy atom. The van der Waals surface area contributed by atoms with E-state index < -0.39 is 11.7 Å². The first-order valence-corrected chi connectivity index (χ1v) is 9.82. The molecule has 0 amide bonds. The van der Waals surface area contributed by atoms with Crippen molar-refractivity contribution in [3.63, 3.8) is 0 Å². The number of benzene rings is 1. The van der Waals surface area contributed by atoms with Crippen LogP contribution < -0.4 is 9.47 Å². The minimum atomic E-state index is -4.44. The van der Waals surface area contributed by atoms with Gasteiger partial charge in [-0.3, -0.25) is 9.30 Å². The van der Waals surface area contributed by atoms with E-state index in [9.17, 15) is 13.2 Å². The molecule has 0 N–H and O–H groups in total. The molecule has 0 unspecified atom stereocenters. The number of halogens is 3. The summed E-state index contributed by atoms with van der Waals surface area (Å²) < 4.78 is 53.0. The van der Waals surface area contributed by atoms with Crippen LogP contribution in [0.2, 0.25) is 0 Å². The van der Waals surface area contributed by atoms with E-state index in [4.69, 9.17) is 21.7 Å². The summed E-state index contributed by atoms with van der Waals surface area (Å²) in [6.45, 7) is 0.946. The van der Waals surface area contributed by atoms with Crippen LogP contribution in [0.1, 0.15) is 24.0 Å². The fourth-order valence-corrected chi connectivity index (χ4v) is 3.65. The molecular weight excluding hydrogens is 417 g/mol. The number of hydrogen-bond donors (Lipinski definition) is 0. The van der Waals surface area contributed by atoms with E-state index in [2.05, 4.69) is 10.00 Å². The molecule has 6 nitrogen and oxygen atoms in total. The average molecular weight is 438 g/mol. The first-order valence-electron chi connectivity index (χ1n) is 9.41. The van der Waals surface area contributed by atoms with Crippen molar-refractivity contribution in [1.82, 2.24) is 19.1 Å². The van der Waals surface area contributed by atoms with Gasteiger partial charge in [-0.15, -0.1) is 0 Å². The molecule has 0 spiro atoms. The maximum Gasteiger partial charge on any atom is 0.417 e. The number of rotatable bonds is 7. The summed E-state index contributed by atoms with van der Waals surface area (Å²) in [7, 11) is 3.22. The van der Waals surface area contributed by atoms with Crippen LogP contribution in [0, 0.1) is 4.77 Å². The van der Waals surface area contributed by atoms with Gasteiger partial charge in [0.25, 0.3) is 0 Å². The number of aromatic nitrogens is 3. The molecule has 3 aromatic rings. The van der Waals surface area contributed by atoms with Crippen molar-refractivity contribution in [3.05, 3.63) is 52.4 Å². The second kappa shape index (κ2) is 7.92. The molecule has 160 valence electrons. The van der Waals surface area contributed by atoms with E-state index in [0.717, 1.165) is 42.2 Å². The van der Waals surface area contributed by atoms with Crippen LogP contribution in [0.5, 0.6) is 11.5 Å². The van der Waals surface area contributed by atoms with Gasteiger partial charge in [-0.05, 0) is 55.4 Å². The number of methoxy groups -OCH3 is 2. The highest BCUT2D eigenvalue weighted by Crippen LogP contribution is 2.33. The molecule has 1 saturated carbocycles. The Morgan fingerprint density at radius 1 is 1.17 bits per heavy atom. The monoisotopic (exact) mass is 438 g/mol. The number of fused-ring (bicyclic) bond motifs is 1. The maximum atomic E-state index is 13.0. The molecule has 1 aliphatic rings. The van der Waals surface area contributed by atoms with Gasteiger partial charge in [0.1, 0.15) is 11.5 Å². The van der Waals surface area contributed by atoms with Crippen LogP contribution in [0.4, 0.5) is 13.2 Å². The Hall–Kier alpha value is -2.59. The van der Waals surface area contributed by atoms with Crippen LogP contribution in [-0.4, -0.2) is 39.3 Å². The molecule has 30 heavy (non-hydrogen) atoms. The second-order valence-electron chi connectivity index (χ2n) is 7.22. The molecule has 10 heteroatoms. The van der Waals surface area contributed by atoms with Gasteiger partial charge in [0.2, 0.25) is 4.77 Å². The highest BCUT2D eigenvalue weighted by molar-refractivity contribution is 7.71. The van der Waals surface area contributed by atoms with Crippen LogP contribution in [-0.2, 0) is 19.4 Å². The first-order chi connectivity index (χ1) is 14.3. The molecule has 0 radical (unpaired) electrons. The van der Waals surface area contributed by atoms with Crippen molar-refractivity contribution in [2.45, 2.75) is 38.3 Å². The third kappa shape index (κ3) is 4.15. The third-order valence-corrected chi connectivity index (χ3v) is 5.55. The van der Waals surface area contributed by atoms with Gasteiger partial charge in [-0.25, -0.2) is 4.68 Å². The van der Waals surface area contributed by atoms with Crippen molar-refractivity contribution in [1.29, 1.82) is 0 Å². The fourth-order valence-electron chi connectivity index (χ4n) is 3.41. The van der Waals surface area contributed by atoms with Crippen molar-refractivity contribution >= 4 is 17.9 Å². The second-order valence-corrected chi connectivity index (χ2v) is 7.59. The first kappa shape index (κ1) is 20.7. The SMILES string of the molecule is COc1ccc(OC)c(CN(Cn2nc3ccc(C(F)(F)F)cn3c2=S)C2CC2)c1. The van der Waals surface area contributed by atoms with Crippen molar-refractivity contribution in [2.24, 2.45) is 0 Å². The lowest BCUT2D eigenvalue weighted by Gasteiger charge is -2.23. The molecule has 0 atom stereocenters. The Kier molecular flexibility index (Phi) is 5.46. The van der Waals surface area contributed by atoms with Crippen LogP contribution in [0.3, 0.4) is 0 Å². The van der Waals surface area contributed by atoms with Gasteiger partial charge in [0.15, 0.2) is 5.65 Å². The van der Waals surface area contributed by atoms with E-state index in [1.54, 1.807) is 18.9 Å². The molecule has 0 saturated heterocycles. The van der Waals surface area contributed by atoms with Gasteiger partial charge < -0.3 is 9.47 Å². The van der Waals surface area contributed by atoms with Gasteiger partial charge in [-0.1, -0.05) is 0 Å². The van der Waals surface area contributed by atoms with E-state index in [0.29, 0.717) is 24.9 Å². The van der Waals surface area contributed by atoms with Crippen molar-refractivity contribution < 1.29 is 22.6 Å². The van der Waals surface area contributed by atoms with Gasteiger partial charge >= 0.3 is 6.18 Å². The quantitative estimate of drug-likeness (QED) is 0.508. The van der Waals surface area contributed by atoms with Gasteiger partial charge in [0.05, 0.1) is 26.5 Å². The van der Waals surface area contributed by atoms with E-state index in [1.165, 1.54) is 10.5 Å². The molecule has 2 aromatic heterocycles. The number of ether oxygens (including phenoxy) is 2. The summed E-state index contributed by atoms with van der Waals surface area (Å²) >= 11 is 5.41. The minimum Gasteiger partial charge on any atom is -0.497 e. The minimum absolute atomic E-state index is 0.222. The maximum absolute atomic E-state index is 13.0. The molecule has 1 aliphatic carbocycles. The number of alkyl halides is 3. The molecule has 0 aliphatic heterocycles. The lowest BCUT2D eigenvalue weighted by Crippen LogP contribution is -2.29. The molecule has 0 bridgehead atoms. The normalized spacial score (nSPS) is 14.5. The number of hydrogen-bond acceptors (Lipinski definition) is 5. The Bertz CT molecular complexity index is 1120. The number of pyridine rings is 1. The third-order valence-electron chi connectivity index (χ3n) is 5.14. The zero-order valence-electron chi connectivity index (χ0n) is 16.5. The topological polar surface area (TPSA) is 43.9 Å². The van der Waals surface area contributed by atoms with Crippen molar-refractivity contribution in [2.75, 3.05) is 14.2 Å². The average Bonchev–Trinajstić information content (AvgIpc) is 3.52. The predicted molar refractivity (Wildman–Crippen MR) is 107 cm³/mol. The van der Waals surface area contributed by atoms with Gasteiger partial charge in [0, 0.05) is 24.3 Å². The molecular formula is C20H21F3N4O2S. The summed E-state index contributed by atoms with van der Waals surface area (Å²) in [4.78, 5) is 2.20. The highest BCUT2D eigenvalue weighted by Gasteiger charge is 2.32. The largest absolute Gasteiger partial charge is 0.497 e. The highest BCUT2D eigenvalue weighted by atomic mass is 32.1. The molecule has 1 aromatic carbocycles. The lowest BCUT2D eigenvalue weighted by atomic mass is 10.1. The lowest BCUT2D eigenvalue weighted by molar-refractivity contribution is -0.137. The zero-order valence-corrected chi connectivity index (χ0v) is 17.3. The van der Waals surface area contributed by atoms with Gasteiger partial charge in [-0.2, -0.15) is 18.3 Å². The van der Waals surface area contributed by atoms with Crippen molar-refractivity contribution in [3.8, 4) is 11.5 Å². The predicted octanol–water partition coefficient (Wildman–Crippen LogP) is 4.52. The summed E-state index contributed by atoms with van der Waals surface area (Å²) in [6, 6.07) is 8.32. The van der Waals surface area contributed by atoms with Crippen LogP contribution in [0.25, 0.3) is 5.65 Å². The Balaban J connectivity index is 1.64. The zero-order chi connectivity index (χ0) is 21.5. The molecule has 1 fully saturated rings. The summed E-state index contributed by atoms with van der Waals surface area (Å²) in [6.07, 6.45) is -1.35. The standard InChI is InChI=1S/C20H21F3N4O2S/c1-28-16-6-7-17(29-2)13(9-16)10-25(15-4-5-15)12-27-19(30)26-11-14(20(21,22)23)3-8-18(26)24-27/h3,6-9,11,15H,4-5,10,12H2,1-2H3. The van der Waals surface area contributed by atoms with Crippen LogP contribution >= 0.6 is 12.2 Å². The molecule has 4 rings (SSSR count). The summed E-state index contributed by atoms with van der Waals surface area (Å²) in [5.74, 6) is 1.47. The van der Waals surface area contributed by atoms with E-state index in [1.807, 2.05) is 18.2 Å². The van der Waals surface area contributed by atoms with Crippen LogP contribution in [0.15, 0.2) is 36.5 Å². The Morgan fingerprint density at radius 2 is 1.93 bits per heavy atom. The van der Waals surface area contributed by atoms with E-state index >= 15 is 0 Å².